The summed E-state index contributed by atoms with van der Waals surface area (Å²) in [5, 5.41) is 6.73. The number of para-hydroxylation sites is 1. The van der Waals surface area contributed by atoms with Crippen LogP contribution in [0.25, 0.3) is 22.3 Å². The summed E-state index contributed by atoms with van der Waals surface area (Å²) in [6.45, 7) is 0.255. The predicted molar refractivity (Wildman–Crippen MR) is 112 cm³/mol. The Bertz CT molecular complexity index is 1070. The van der Waals surface area contributed by atoms with Gasteiger partial charge in [-0.3, -0.25) is 0 Å². The monoisotopic (exact) mass is 386 g/mol. The van der Waals surface area contributed by atoms with Crippen LogP contribution >= 0.6 is 11.3 Å². The standard InChI is InChI=1S/C23H18N2O2S/c26-22(27-17-18-8-3-1-4-9-18)14-13-19-16-25(20-10-5-2-6-11-20)24-23(19)21-12-7-15-28-21/h1-16H,17H2/b14-13+. The Morgan fingerprint density at radius 1 is 1.00 bits per heavy atom. The molecule has 0 saturated carbocycles. The molecule has 2 heterocycles. The van der Waals surface area contributed by atoms with Crippen LogP contribution in [0.3, 0.4) is 0 Å². The van der Waals surface area contributed by atoms with Gasteiger partial charge in [0.1, 0.15) is 12.3 Å². The minimum Gasteiger partial charge on any atom is -0.458 e. The van der Waals surface area contributed by atoms with Crippen LogP contribution in [0, 0.1) is 0 Å². The zero-order valence-electron chi connectivity index (χ0n) is 15.1. The largest absolute Gasteiger partial charge is 0.458 e. The van der Waals surface area contributed by atoms with Crippen molar-refractivity contribution >= 4 is 23.4 Å². The summed E-state index contributed by atoms with van der Waals surface area (Å²) in [5.74, 6) is -0.381. The van der Waals surface area contributed by atoms with Gasteiger partial charge in [-0.2, -0.15) is 5.10 Å². The molecule has 4 aromatic rings. The van der Waals surface area contributed by atoms with Gasteiger partial charge in [0.05, 0.1) is 10.6 Å². The fourth-order valence-electron chi connectivity index (χ4n) is 2.76. The smallest absolute Gasteiger partial charge is 0.331 e. The molecular formula is C23H18N2O2S. The maximum atomic E-state index is 12.1. The molecule has 0 atom stereocenters. The SMILES string of the molecule is O=C(/C=C/c1cn(-c2ccccc2)nc1-c1cccs1)OCc1ccccc1. The minimum absolute atomic E-state index is 0.255. The molecule has 0 spiro atoms. The summed E-state index contributed by atoms with van der Waals surface area (Å²) in [4.78, 5) is 13.2. The van der Waals surface area contributed by atoms with Gasteiger partial charge in [0.25, 0.3) is 0 Å². The maximum absolute atomic E-state index is 12.1. The number of rotatable bonds is 6. The summed E-state index contributed by atoms with van der Waals surface area (Å²) >= 11 is 1.61. The van der Waals surface area contributed by atoms with E-state index in [1.54, 1.807) is 17.4 Å². The third kappa shape index (κ3) is 4.27. The van der Waals surface area contributed by atoms with Crippen LogP contribution in [0.5, 0.6) is 0 Å². The average Bonchev–Trinajstić information content (AvgIpc) is 3.42. The van der Waals surface area contributed by atoms with Crippen molar-refractivity contribution in [1.82, 2.24) is 9.78 Å². The number of thiophene rings is 1. The first kappa shape index (κ1) is 17.9. The van der Waals surface area contributed by atoms with Gasteiger partial charge >= 0.3 is 5.97 Å². The molecule has 0 amide bonds. The molecule has 0 aliphatic heterocycles. The quantitative estimate of drug-likeness (QED) is 0.331. The third-order valence-corrected chi connectivity index (χ3v) is 5.02. The Labute approximate surface area is 167 Å². The summed E-state index contributed by atoms with van der Waals surface area (Å²) in [5.41, 5.74) is 3.63. The second-order valence-electron chi connectivity index (χ2n) is 6.12. The van der Waals surface area contributed by atoms with E-state index in [1.165, 1.54) is 6.08 Å². The van der Waals surface area contributed by atoms with Gasteiger partial charge in [0.15, 0.2) is 0 Å². The predicted octanol–water partition coefficient (Wildman–Crippen LogP) is 5.36. The van der Waals surface area contributed by atoms with Crippen molar-refractivity contribution in [3.63, 3.8) is 0 Å². The molecule has 0 radical (unpaired) electrons. The lowest BCUT2D eigenvalue weighted by molar-refractivity contribution is -0.138. The second-order valence-corrected chi connectivity index (χ2v) is 7.06. The molecule has 5 heteroatoms. The van der Waals surface area contributed by atoms with Gasteiger partial charge in [0, 0.05) is 17.8 Å². The number of ether oxygens (including phenoxy) is 1. The molecule has 0 unspecified atom stereocenters. The molecule has 4 rings (SSSR count). The number of aromatic nitrogens is 2. The third-order valence-electron chi connectivity index (χ3n) is 4.14. The highest BCUT2D eigenvalue weighted by Gasteiger charge is 2.12. The first-order valence-corrected chi connectivity index (χ1v) is 9.75. The number of benzene rings is 2. The Balaban J connectivity index is 1.55. The zero-order valence-corrected chi connectivity index (χ0v) is 15.9. The molecule has 0 fully saturated rings. The molecule has 0 saturated heterocycles. The Morgan fingerprint density at radius 3 is 2.46 bits per heavy atom. The van der Waals surface area contributed by atoms with Crippen LogP contribution in [0.4, 0.5) is 0 Å². The number of hydrogen-bond acceptors (Lipinski definition) is 4. The molecule has 0 aliphatic carbocycles. The molecule has 0 bridgehead atoms. The number of carbonyl (C=O) groups is 1. The lowest BCUT2D eigenvalue weighted by atomic mass is 10.2. The van der Waals surface area contributed by atoms with Crippen molar-refractivity contribution in [2.75, 3.05) is 0 Å². The fraction of sp³-hybridized carbons (Fsp3) is 0.0435. The highest BCUT2D eigenvalue weighted by molar-refractivity contribution is 7.13. The van der Waals surface area contributed by atoms with E-state index in [-0.39, 0.29) is 12.6 Å². The highest BCUT2D eigenvalue weighted by atomic mass is 32.1. The number of hydrogen-bond donors (Lipinski definition) is 0. The van der Waals surface area contributed by atoms with Gasteiger partial charge in [-0.15, -0.1) is 11.3 Å². The van der Waals surface area contributed by atoms with Crippen molar-refractivity contribution in [3.05, 3.63) is 102 Å². The lowest BCUT2D eigenvalue weighted by Gasteiger charge is -2.01. The average molecular weight is 386 g/mol. The number of carbonyl (C=O) groups excluding carboxylic acids is 1. The van der Waals surface area contributed by atoms with Gasteiger partial charge in [-0.1, -0.05) is 54.6 Å². The molecular weight excluding hydrogens is 368 g/mol. The van der Waals surface area contributed by atoms with Crippen molar-refractivity contribution in [2.24, 2.45) is 0 Å². The molecule has 0 aliphatic rings. The van der Waals surface area contributed by atoms with Crippen LogP contribution in [0.2, 0.25) is 0 Å². The zero-order chi connectivity index (χ0) is 19.2. The molecule has 2 aromatic carbocycles. The van der Waals surface area contributed by atoms with E-state index in [0.29, 0.717) is 0 Å². The fourth-order valence-corrected chi connectivity index (χ4v) is 3.49. The number of esters is 1. The molecule has 4 nitrogen and oxygen atoms in total. The van der Waals surface area contributed by atoms with Crippen LogP contribution in [0.1, 0.15) is 11.1 Å². The Hall–Kier alpha value is -3.44. The van der Waals surface area contributed by atoms with Crippen LogP contribution < -0.4 is 0 Å². The van der Waals surface area contributed by atoms with Gasteiger partial charge in [0.2, 0.25) is 0 Å². The van der Waals surface area contributed by atoms with E-state index < -0.39 is 0 Å². The van der Waals surface area contributed by atoms with Crippen molar-refractivity contribution in [1.29, 1.82) is 0 Å². The molecule has 2 aromatic heterocycles. The maximum Gasteiger partial charge on any atom is 0.331 e. The van der Waals surface area contributed by atoms with E-state index in [9.17, 15) is 4.79 Å². The molecule has 138 valence electrons. The summed E-state index contributed by atoms with van der Waals surface area (Å²) < 4.78 is 7.14. The Kier molecular flexibility index (Phi) is 5.45. The van der Waals surface area contributed by atoms with Crippen LogP contribution in [0.15, 0.2) is 90.4 Å². The van der Waals surface area contributed by atoms with Crippen LogP contribution in [-0.4, -0.2) is 15.7 Å². The van der Waals surface area contributed by atoms with E-state index in [4.69, 9.17) is 9.84 Å². The topological polar surface area (TPSA) is 44.1 Å². The number of nitrogens with zero attached hydrogens (tertiary/aromatic N) is 2. The van der Waals surface area contributed by atoms with Gasteiger partial charge in [-0.05, 0) is 35.2 Å². The Morgan fingerprint density at radius 2 is 1.75 bits per heavy atom. The van der Waals surface area contributed by atoms with Crippen molar-refractivity contribution < 1.29 is 9.53 Å². The van der Waals surface area contributed by atoms with E-state index >= 15 is 0 Å². The summed E-state index contributed by atoms with van der Waals surface area (Å²) in [6.07, 6.45) is 5.13. The lowest BCUT2D eigenvalue weighted by Crippen LogP contribution is -2.00. The first-order chi connectivity index (χ1) is 13.8. The highest BCUT2D eigenvalue weighted by Crippen LogP contribution is 2.28. The van der Waals surface area contributed by atoms with Crippen LogP contribution in [-0.2, 0) is 16.1 Å². The molecule has 28 heavy (non-hydrogen) atoms. The normalized spacial score (nSPS) is 11.0. The van der Waals surface area contributed by atoms with E-state index in [2.05, 4.69) is 0 Å². The van der Waals surface area contributed by atoms with Gasteiger partial charge < -0.3 is 4.74 Å². The summed E-state index contributed by atoms with van der Waals surface area (Å²) in [7, 11) is 0. The molecule has 0 N–H and O–H groups in total. The minimum atomic E-state index is -0.381. The van der Waals surface area contributed by atoms with Gasteiger partial charge in [-0.25, -0.2) is 9.48 Å². The van der Waals surface area contributed by atoms with E-state index in [0.717, 1.165) is 27.4 Å². The van der Waals surface area contributed by atoms with Crippen molar-refractivity contribution in [2.45, 2.75) is 6.61 Å². The van der Waals surface area contributed by atoms with E-state index in [1.807, 2.05) is 89.1 Å². The van der Waals surface area contributed by atoms with Crippen molar-refractivity contribution in [3.8, 4) is 16.3 Å². The summed E-state index contributed by atoms with van der Waals surface area (Å²) in [6, 6.07) is 23.5. The second kappa shape index (κ2) is 8.50. The first-order valence-electron chi connectivity index (χ1n) is 8.87.